The van der Waals surface area contributed by atoms with Crippen LogP contribution >= 0.6 is 11.6 Å². The Morgan fingerprint density at radius 1 is 1.29 bits per heavy atom. The lowest BCUT2D eigenvalue weighted by molar-refractivity contribution is -0.384. The summed E-state index contributed by atoms with van der Waals surface area (Å²) in [6.07, 6.45) is 0.348. The second-order valence-electron chi connectivity index (χ2n) is 4.69. The summed E-state index contributed by atoms with van der Waals surface area (Å²) in [6, 6.07) is 3.99. The Morgan fingerprint density at radius 3 is 2.67 bits per heavy atom. The molecule has 0 saturated carbocycles. The number of nitro benzene ring substituents is 1. The average molecular weight is 333 g/mol. The summed E-state index contributed by atoms with van der Waals surface area (Å²) >= 11 is 5.91. The molecule has 0 unspecified atom stereocenters. The highest BCUT2D eigenvalue weighted by Crippen LogP contribution is 2.28. The molecule has 0 radical (unpaired) electrons. The lowest BCUT2D eigenvalue weighted by Crippen LogP contribution is -2.33. The summed E-state index contributed by atoms with van der Waals surface area (Å²) in [5, 5.41) is 10.6. The van der Waals surface area contributed by atoms with Gasteiger partial charge in [-0.3, -0.25) is 14.9 Å². The quantitative estimate of drug-likeness (QED) is 0.604. The number of carbonyl (C=O) groups excluding carboxylic acids is 1. The summed E-state index contributed by atoms with van der Waals surface area (Å²) < 4.78 is 23.1. The van der Waals surface area contributed by atoms with Crippen LogP contribution in [0.5, 0.6) is 0 Å². The van der Waals surface area contributed by atoms with E-state index in [0.29, 0.717) is 6.42 Å². The molecule has 114 valence electrons. The average Bonchev–Trinajstić information content (AvgIpc) is 2.59. The van der Waals surface area contributed by atoms with Crippen molar-refractivity contribution in [3.8, 4) is 0 Å². The molecule has 1 aliphatic heterocycles. The maximum absolute atomic E-state index is 12.4. The van der Waals surface area contributed by atoms with Crippen LogP contribution in [0, 0.1) is 10.1 Å². The lowest BCUT2D eigenvalue weighted by atomic mass is 10.1. The molecule has 0 spiro atoms. The molecule has 2 rings (SSSR count). The van der Waals surface area contributed by atoms with Crippen LogP contribution in [-0.2, 0) is 9.84 Å². The molecule has 1 saturated heterocycles. The van der Waals surface area contributed by atoms with Gasteiger partial charge in [0, 0.05) is 19.2 Å². The van der Waals surface area contributed by atoms with Crippen molar-refractivity contribution in [2.24, 2.45) is 0 Å². The van der Waals surface area contributed by atoms with Crippen LogP contribution in [0.4, 0.5) is 5.69 Å². The molecule has 21 heavy (non-hydrogen) atoms. The van der Waals surface area contributed by atoms with E-state index >= 15 is 0 Å². The van der Waals surface area contributed by atoms with Gasteiger partial charge < -0.3 is 4.90 Å². The van der Waals surface area contributed by atoms with E-state index in [9.17, 15) is 23.3 Å². The van der Waals surface area contributed by atoms with Gasteiger partial charge in [0.25, 0.3) is 11.6 Å². The van der Waals surface area contributed by atoms with Crippen LogP contribution in [-0.4, -0.2) is 48.7 Å². The molecule has 0 aliphatic carbocycles. The SMILES string of the molecule is O=C(c1cccc([N+](=O)[O-])c1Cl)N1CCCS(=O)(=O)CC1. The zero-order chi connectivity index (χ0) is 15.6. The Kier molecular flexibility index (Phi) is 4.48. The number of halogens is 1. The Morgan fingerprint density at radius 2 is 2.00 bits per heavy atom. The van der Waals surface area contributed by atoms with Gasteiger partial charge in [-0.05, 0) is 12.5 Å². The molecular formula is C12H13ClN2O5S. The number of carbonyl (C=O) groups is 1. The number of sulfone groups is 1. The van der Waals surface area contributed by atoms with E-state index in [-0.39, 0.29) is 40.9 Å². The highest BCUT2D eigenvalue weighted by atomic mass is 35.5. The van der Waals surface area contributed by atoms with Gasteiger partial charge in [-0.15, -0.1) is 0 Å². The van der Waals surface area contributed by atoms with Crippen molar-refractivity contribution < 1.29 is 18.1 Å². The fourth-order valence-corrected chi connectivity index (χ4v) is 3.69. The second kappa shape index (κ2) is 5.98. The highest BCUT2D eigenvalue weighted by Gasteiger charge is 2.27. The van der Waals surface area contributed by atoms with Gasteiger partial charge in [0.05, 0.1) is 22.0 Å². The van der Waals surface area contributed by atoms with Gasteiger partial charge in [0.15, 0.2) is 9.84 Å². The Labute approximate surface area is 126 Å². The number of hydrogen-bond donors (Lipinski definition) is 0. The number of amides is 1. The maximum Gasteiger partial charge on any atom is 0.288 e. The first-order valence-electron chi connectivity index (χ1n) is 6.24. The van der Waals surface area contributed by atoms with E-state index in [2.05, 4.69) is 0 Å². The van der Waals surface area contributed by atoms with Crippen molar-refractivity contribution in [2.75, 3.05) is 24.6 Å². The molecule has 1 heterocycles. The van der Waals surface area contributed by atoms with E-state index in [1.165, 1.54) is 23.1 Å². The van der Waals surface area contributed by atoms with Gasteiger partial charge in [0.1, 0.15) is 5.02 Å². The summed E-state index contributed by atoms with van der Waals surface area (Å²) in [4.78, 5) is 23.9. The van der Waals surface area contributed by atoms with E-state index in [1.54, 1.807) is 0 Å². The minimum atomic E-state index is -3.13. The largest absolute Gasteiger partial charge is 0.338 e. The number of nitro groups is 1. The molecule has 1 aromatic carbocycles. The standard InChI is InChI=1S/C12H13ClN2O5S/c13-11-9(3-1-4-10(11)15(17)18)12(16)14-5-2-7-21(19,20)8-6-14/h1,3-4H,2,5-8H2. The lowest BCUT2D eigenvalue weighted by Gasteiger charge is -2.20. The molecule has 7 nitrogen and oxygen atoms in total. The zero-order valence-corrected chi connectivity index (χ0v) is 12.6. The highest BCUT2D eigenvalue weighted by molar-refractivity contribution is 7.91. The van der Waals surface area contributed by atoms with Crippen molar-refractivity contribution in [3.63, 3.8) is 0 Å². The Balaban J connectivity index is 2.28. The third-order valence-corrected chi connectivity index (χ3v) is 5.36. The molecule has 0 atom stereocenters. The summed E-state index contributed by atoms with van der Waals surface area (Å²) in [6.45, 7) is 0.358. The zero-order valence-electron chi connectivity index (χ0n) is 11.0. The van der Waals surface area contributed by atoms with Crippen molar-refractivity contribution >= 4 is 33.0 Å². The third kappa shape index (κ3) is 3.51. The molecule has 0 bridgehead atoms. The summed E-state index contributed by atoms with van der Waals surface area (Å²) in [7, 11) is -3.13. The molecule has 1 aromatic rings. The molecule has 1 aliphatic rings. The van der Waals surface area contributed by atoms with Crippen LogP contribution in [0.25, 0.3) is 0 Å². The fourth-order valence-electron chi connectivity index (χ4n) is 2.14. The van der Waals surface area contributed by atoms with Gasteiger partial charge in [-0.1, -0.05) is 17.7 Å². The Hall–Kier alpha value is -1.67. The predicted molar refractivity (Wildman–Crippen MR) is 77.3 cm³/mol. The monoisotopic (exact) mass is 332 g/mol. The predicted octanol–water partition coefficient (Wildman–Crippen LogP) is 1.51. The van der Waals surface area contributed by atoms with E-state index in [4.69, 9.17) is 11.6 Å². The first kappa shape index (κ1) is 15.7. The van der Waals surface area contributed by atoms with Gasteiger partial charge in [0.2, 0.25) is 0 Å². The van der Waals surface area contributed by atoms with E-state index < -0.39 is 20.7 Å². The smallest absolute Gasteiger partial charge is 0.288 e. The molecule has 9 heteroatoms. The van der Waals surface area contributed by atoms with Crippen molar-refractivity contribution in [1.82, 2.24) is 4.90 Å². The van der Waals surface area contributed by atoms with Crippen LogP contribution in [0.1, 0.15) is 16.8 Å². The second-order valence-corrected chi connectivity index (χ2v) is 7.37. The van der Waals surface area contributed by atoms with Crippen molar-refractivity contribution in [3.05, 3.63) is 38.9 Å². The van der Waals surface area contributed by atoms with Crippen molar-refractivity contribution in [1.29, 1.82) is 0 Å². The molecule has 1 fully saturated rings. The number of hydrogen-bond acceptors (Lipinski definition) is 5. The summed E-state index contributed by atoms with van der Waals surface area (Å²) in [5.74, 6) is -0.550. The van der Waals surface area contributed by atoms with E-state index in [1.807, 2.05) is 0 Å². The first-order chi connectivity index (χ1) is 9.82. The number of nitrogens with zero attached hydrogens (tertiary/aromatic N) is 2. The third-order valence-electron chi connectivity index (χ3n) is 3.25. The van der Waals surface area contributed by atoms with Gasteiger partial charge >= 0.3 is 0 Å². The fraction of sp³-hybridized carbons (Fsp3) is 0.417. The number of benzene rings is 1. The Bertz CT molecular complexity index is 689. The number of rotatable bonds is 2. The first-order valence-corrected chi connectivity index (χ1v) is 8.44. The normalized spacial score (nSPS) is 18.0. The molecule has 0 N–H and O–H groups in total. The molecular weight excluding hydrogens is 320 g/mol. The maximum atomic E-state index is 12.4. The van der Waals surface area contributed by atoms with Crippen LogP contribution < -0.4 is 0 Å². The van der Waals surface area contributed by atoms with E-state index in [0.717, 1.165) is 0 Å². The molecule has 1 amide bonds. The minimum Gasteiger partial charge on any atom is -0.338 e. The summed E-state index contributed by atoms with van der Waals surface area (Å²) in [5.41, 5.74) is -0.324. The van der Waals surface area contributed by atoms with Gasteiger partial charge in [-0.25, -0.2) is 8.42 Å². The van der Waals surface area contributed by atoms with Crippen LogP contribution in [0.15, 0.2) is 18.2 Å². The van der Waals surface area contributed by atoms with Crippen LogP contribution in [0.2, 0.25) is 5.02 Å². The minimum absolute atomic E-state index is 0.0187. The van der Waals surface area contributed by atoms with Crippen LogP contribution in [0.3, 0.4) is 0 Å². The topological polar surface area (TPSA) is 97.6 Å². The van der Waals surface area contributed by atoms with Crippen molar-refractivity contribution in [2.45, 2.75) is 6.42 Å². The molecule has 0 aromatic heterocycles. The van der Waals surface area contributed by atoms with Gasteiger partial charge in [-0.2, -0.15) is 0 Å².